The van der Waals surface area contributed by atoms with Gasteiger partial charge < -0.3 is 4.90 Å². The number of sulfone groups is 1. The van der Waals surface area contributed by atoms with Gasteiger partial charge in [-0.3, -0.25) is 9.78 Å². The molecule has 1 fully saturated rings. The number of nitrogens with zero attached hydrogens (tertiary/aromatic N) is 2. The second-order valence-corrected chi connectivity index (χ2v) is 9.28. The van der Waals surface area contributed by atoms with E-state index in [-0.39, 0.29) is 11.7 Å². The van der Waals surface area contributed by atoms with Crippen molar-refractivity contribution in [3.05, 3.63) is 30.1 Å². The number of carbonyl (C=O) groups is 1. The molecule has 1 atom stereocenters. The average Bonchev–Trinajstić information content (AvgIpc) is 2.85. The van der Waals surface area contributed by atoms with Crippen LogP contribution >= 0.6 is 0 Å². The van der Waals surface area contributed by atoms with E-state index < -0.39 is 15.2 Å². The number of hydrogen-bond donors (Lipinski definition) is 0. The number of carbonyl (C=O) groups excluding carboxylic acids is 1. The Hall–Kier alpha value is -1.43. The summed E-state index contributed by atoms with van der Waals surface area (Å²) in [4.78, 5) is 17.7. The second kappa shape index (κ2) is 10.7. The fourth-order valence-corrected chi connectivity index (χ4v) is 5.41. The highest BCUT2D eigenvalue weighted by Crippen LogP contribution is 2.33. The third-order valence-corrected chi connectivity index (χ3v) is 6.85. The minimum atomic E-state index is -3.46. The van der Waals surface area contributed by atoms with Crippen molar-refractivity contribution < 1.29 is 13.2 Å². The number of rotatable bonds is 12. The van der Waals surface area contributed by atoms with Gasteiger partial charge in [0.1, 0.15) is 5.75 Å². The summed E-state index contributed by atoms with van der Waals surface area (Å²) in [6.07, 6.45) is 15.3. The predicted molar refractivity (Wildman–Crippen MR) is 104 cm³/mol. The van der Waals surface area contributed by atoms with Crippen LogP contribution in [-0.4, -0.2) is 36.5 Å². The maximum atomic E-state index is 12.4. The smallest absolute Gasteiger partial charge is 0.239 e. The van der Waals surface area contributed by atoms with Crippen LogP contribution in [0.25, 0.3) is 0 Å². The molecule has 5 nitrogen and oxygen atoms in total. The Balaban J connectivity index is 1.73. The van der Waals surface area contributed by atoms with Gasteiger partial charge in [0, 0.05) is 24.5 Å². The first kappa shape index (κ1) is 20.9. The van der Waals surface area contributed by atoms with Gasteiger partial charge in [0.15, 0.2) is 15.2 Å². The topological polar surface area (TPSA) is 67.3 Å². The van der Waals surface area contributed by atoms with Gasteiger partial charge in [-0.15, -0.1) is 0 Å². The van der Waals surface area contributed by atoms with Crippen molar-refractivity contribution in [2.24, 2.45) is 0 Å². The molecule has 0 radical (unpaired) electrons. The summed E-state index contributed by atoms with van der Waals surface area (Å²) in [7, 11) is -3.46. The van der Waals surface area contributed by atoms with Crippen LogP contribution in [0.2, 0.25) is 0 Å². The van der Waals surface area contributed by atoms with E-state index in [4.69, 9.17) is 0 Å². The van der Waals surface area contributed by atoms with Gasteiger partial charge in [-0.2, -0.15) is 0 Å². The van der Waals surface area contributed by atoms with Crippen LogP contribution in [0.1, 0.15) is 82.1 Å². The fourth-order valence-electron chi connectivity index (χ4n) is 3.58. The molecule has 0 aliphatic carbocycles. The van der Waals surface area contributed by atoms with Gasteiger partial charge in [0.25, 0.3) is 0 Å². The Morgan fingerprint density at radius 1 is 1.04 bits per heavy atom. The molecule has 1 saturated heterocycles. The van der Waals surface area contributed by atoms with E-state index in [1.54, 1.807) is 24.5 Å². The molecule has 0 spiro atoms. The van der Waals surface area contributed by atoms with Crippen molar-refractivity contribution in [2.45, 2.75) is 76.5 Å². The highest BCUT2D eigenvalue weighted by Gasteiger charge is 2.44. The van der Waals surface area contributed by atoms with E-state index in [0.29, 0.717) is 12.1 Å². The van der Waals surface area contributed by atoms with Crippen molar-refractivity contribution in [3.8, 4) is 0 Å². The minimum absolute atomic E-state index is 0.283. The van der Waals surface area contributed by atoms with Crippen molar-refractivity contribution in [1.82, 2.24) is 9.88 Å². The summed E-state index contributed by atoms with van der Waals surface area (Å²) in [6, 6.07) is 3.45. The molecule has 0 saturated carbocycles. The third kappa shape index (κ3) is 6.08. The number of pyridine rings is 1. The quantitative estimate of drug-likeness (QED) is 0.508. The summed E-state index contributed by atoms with van der Waals surface area (Å²) in [5, 5.41) is -0.859. The molecule has 1 aliphatic heterocycles. The van der Waals surface area contributed by atoms with Crippen LogP contribution in [0.3, 0.4) is 0 Å². The highest BCUT2D eigenvalue weighted by molar-refractivity contribution is 7.92. The minimum Gasteiger partial charge on any atom is -0.321 e. The summed E-state index contributed by atoms with van der Waals surface area (Å²) in [6.45, 7) is 2.74. The zero-order valence-corrected chi connectivity index (χ0v) is 16.7. The molecule has 146 valence electrons. The Morgan fingerprint density at radius 2 is 1.65 bits per heavy atom. The average molecular weight is 381 g/mol. The first-order valence-electron chi connectivity index (χ1n) is 9.97. The fraction of sp³-hybridized carbons (Fsp3) is 0.700. The van der Waals surface area contributed by atoms with Crippen molar-refractivity contribution in [1.29, 1.82) is 0 Å². The van der Waals surface area contributed by atoms with E-state index in [1.165, 1.54) is 49.8 Å². The molecule has 1 aromatic heterocycles. The molecule has 2 heterocycles. The normalized spacial score (nSPS) is 19.2. The second-order valence-electron chi connectivity index (χ2n) is 7.22. The van der Waals surface area contributed by atoms with E-state index in [9.17, 15) is 13.2 Å². The first-order valence-corrected chi connectivity index (χ1v) is 11.7. The monoisotopic (exact) mass is 380 g/mol. The van der Waals surface area contributed by atoms with Crippen LogP contribution < -0.4 is 0 Å². The third-order valence-electron chi connectivity index (χ3n) is 4.99. The van der Waals surface area contributed by atoms with E-state index in [2.05, 4.69) is 11.9 Å². The Morgan fingerprint density at radius 3 is 2.23 bits per heavy atom. The van der Waals surface area contributed by atoms with Gasteiger partial charge in [-0.1, -0.05) is 70.8 Å². The lowest BCUT2D eigenvalue weighted by molar-refractivity contribution is -0.128. The molecule has 6 heteroatoms. The Bertz CT molecular complexity index is 646. The number of amides is 1. The molecule has 2 rings (SSSR count). The highest BCUT2D eigenvalue weighted by atomic mass is 32.2. The van der Waals surface area contributed by atoms with Gasteiger partial charge in [-0.25, -0.2) is 8.42 Å². The lowest BCUT2D eigenvalue weighted by Crippen LogP contribution is -2.30. The summed E-state index contributed by atoms with van der Waals surface area (Å²) in [5.41, 5.74) is 0.588. The maximum absolute atomic E-state index is 12.4. The molecule has 1 aromatic rings. The van der Waals surface area contributed by atoms with Crippen LogP contribution in [-0.2, 0) is 14.6 Å². The molecular weight excluding hydrogens is 348 g/mol. The Labute approximate surface area is 158 Å². The number of aromatic nitrogens is 1. The zero-order valence-electron chi connectivity index (χ0n) is 15.9. The predicted octanol–water partition coefficient (Wildman–Crippen LogP) is 4.26. The zero-order chi connectivity index (χ0) is 18.8. The maximum Gasteiger partial charge on any atom is 0.239 e. The molecule has 26 heavy (non-hydrogen) atoms. The van der Waals surface area contributed by atoms with Crippen molar-refractivity contribution >= 4 is 15.7 Å². The van der Waals surface area contributed by atoms with Crippen molar-refractivity contribution in [3.63, 3.8) is 0 Å². The molecule has 1 amide bonds. The largest absolute Gasteiger partial charge is 0.321 e. The van der Waals surface area contributed by atoms with Gasteiger partial charge >= 0.3 is 0 Å². The van der Waals surface area contributed by atoms with Crippen LogP contribution in [0.5, 0.6) is 0 Å². The lowest BCUT2D eigenvalue weighted by atomic mass is 10.1. The summed E-state index contributed by atoms with van der Waals surface area (Å²) < 4.78 is 24.7. The van der Waals surface area contributed by atoms with E-state index >= 15 is 0 Å². The summed E-state index contributed by atoms with van der Waals surface area (Å²) >= 11 is 0. The molecule has 0 N–H and O–H groups in total. The summed E-state index contributed by atoms with van der Waals surface area (Å²) in [5.74, 6) is -0.667. The van der Waals surface area contributed by atoms with Crippen molar-refractivity contribution in [2.75, 3.05) is 12.3 Å². The number of hydrogen-bond acceptors (Lipinski definition) is 4. The molecule has 0 aromatic carbocycles. The van der Waals surface area contributed by atoms with Crippen LogP contribution in [0, 0.1) is 0 Å². The van der Waals surface area contributed by atoms with Gasteiger partial charge in [0.2, 0.25) is 5.91 Å². The standard InChI is InChI=1S/C20H32N2O3S/c1-2-3-4-5-6-7-8-9-10-11-15-22-19(23)17-26(24,25)20(22)18-13-12-14-21-16-18/h12-14,16,20H,2-11,15,17H2,1H3. The molecule has 1 aliphatic rings. The molecule has 1 unspecified atom stereocenters. The lowest BCUT2D eigenvalue weighted by Gasteiger charge is -2.23. The SMILES string of the molecule is CCCCCCCCCCCCN1C(=O)CS(=O)(=O)C1c1cccnc1. The van der Waals surface area contributed by atoms with Gasteiger partial charge in [0.05, 0.1) is 0 Å². The van der Waals surface area contributed by atoms with Crippen LogP contribution in [0.15, 0.2) is 24.5 Å². The first-order chi connectivity index (χ1) is 12.6. The van der Waals surface area contributed by atoms with E-state index in [0.717, 1.165) is 19.3 Å². The van der Waals surface area contributed by atoms with Gasteiger partial charge in [-0.05, 0) is 12.5 Å². The van der Waals surface area contributed by atoms with E-state index in [1.807, 2.05) is 0 Å². The number of unbranched alkanes of at least 4 members (excludes halogenated alkanes) is 9. The molecular formula is C20H32N2O3S. The van der Waals surface area contributed by atoms with Crippen LogP contribution in [0.4, 0.5) is 0 Å². The molecule has 0 bridgehead atoms. The Kier molecular flexibility index (Phi) is 8.55.